The Bertz CT molecular complexity index is 839. The topological polar surface area (TPSA) is 58.6 Å². The van der Waals surface area contributed by atoms with Crippen molar-refractivity contribution >= 4 is 33.3 Å². The van der Waals surface area contributed by atoms with Crippen LogP contribution in [0.25, 0.3) is 21.6 Å². The first-order chi connectivity index (χ1) is 9.83. The molecule has 0 radical (unpaired) electrons. The maximum atomic E-state index is 12.4. The number of rotatable bonds is 1. The number of aromatic amines is 1. The van der Waals surface area contributed by atoms with Crippen molar-refractivity contribution in [2.24, 2.45) is 0 Å². The molecule has 1 aliphatic rings. The van der Waals surface area contributed by atoms with Crippen molar-refractivity contribution in [2.75, 3.05) is 5.75 Å². The number of H-pyrrole nitrogens is 1. The van der Waals surface area contributed by atoms with E-state index in [1.165, 1.54) is 9.77 Å². The highest BCUT2D eigenvalue weighted by Gasteiger charge is 2.20. The predicted molar refractivity (Wildman–Crippen MR) is 82.5 cm³/mol. The fraction of sp³-hybridized carbons (Fsp3) is 0.214. The lowest BCUT2D eigenvalue weighted by Gasteiger charge is -2.09. The Kier molecular flexibility index (Phi) is 2.85. The smallest absolute Gasteiger partial charge is 0.260 e. The Morgan fingerprint density at radius 2 is 2.10 bits per heavy atom. The van der Waals surface area contributed by atoms with Gasteiger partial charge in [0.2, 0.25) is 0 Å². The maximum Gasteiger partial charge on any atom is 0.260 e. The van der Waals surface area contributed by atoms with E-state index in [0.717, 1.165) is 34.4 Å². The Hall–Kier alpha value is -1.66. The van der Waals surface area contributed by atoms with E-state index in [2.05, 4.69) is 15.0 Å². The quantitative estimate of drug-likeness (QED) is 0.750. The lowest BCUT2D eigenvalue weighted by Crippen LogP contribution is -2.10. The molecule has 0 saturated heterocycles. The fourth-order valence-corrected chi connectivity index (χ4v) is 4.98. The van der Waals surface area contributed by atoms with Gasteiger partial charge in [-0.25, -0.2) is 4.98 Å². The monoisotopic (exact) mass is 301 g/mol. The summed E-state index contributed by atoms with van der Waals surface area (Å²) in [6, 6.07) is 3.71. The molecule has 3 aromatic heterocycles. The van der Waals surface area contributed by atoms with Gasteiger partial charge in [-0.05, 0) is 36.3 Å². The zero-order chi connectivity index (χ0) is 13.5. The van der Waals surface area contributed by atoms with Crippen molar-refractivity contribution in [2.45, 2.75) is 17.1 Å². The van der Waals surface area contributed by atoms with Gasteiger partial charge in [0.15, 0.2) is 0 Å². The Morgan fingerprint density at radius 3 is 2.95 bits per heavy atom. The molecule has 0 spiro atoms. The molecule has 4 rings (SSSR count). The summed E-state index contributed by atoms with van der Waals surface area (Å²) >= 11 is 3.48. The molecule has 6 heteroatoms. The van der Waals surface area contributed by atoms with Gasteiger partial charge in [-0.1, -0.05) is 0 Å². The molecule has 0 aromatic carbocycles. The van der Waals surface area contributed by atoms with Crippen LogP contribution in [0.15, 0.2) is 33.5 Å². The second kappa shape index (κ2) is 4.71. The number of thiophene rings is 1. The van der Waals surface area contributed by atoms with E-state index < -0.39 is 0 Å². The standard InChI is InChI=1S/C14H11N3OS2/c18-12-10-9-2-1-7-19-14(9)20-13(10)17-11(16-12)8-3-5-15-6-4-8/h3-6H,1-2,7H2,(H,16,17,18). The number of fused-ring (bicyclic) bond motifs is 3. The summed E-state index contributed by atoms with van der Waals surface area (Å²) < 4.78 is 1.26. The van der Waals surface area contributed by atoms with Crippen LogP contribution in [0.2, 0.25) is 0 Å². The minimum absolute atomic E-state index is 0.0261. The van der Waals surface area contributed by atoms with Crippen LogP contribution >= 0.6 is 23.1 Å². The van der Waals surface area contributed by atoms with Crippen molar-refractivity contribution in [3.63, 3.8) is 0 Å². The molecule has 0 aliphatic carbocycles. The van der Waals surface area contributed by atoms with E-state index in [1.807, 2.05) is 23.9 Å². The third kappa shape index (κ3) is 1.87. The van der Waals surface area contributed by atoms with Gasteiger partial charge in [0.25, 0.3) is 5.56 Å². The van der Waals surface area contributed by atoms with Crippen LogP contribution < -0.4 is 5.56 Å². The minimum Gasteiger partial charge on any atom is -0.306 e. The Morgan fingerprint density at radius 1 is 1.25 bits per heavy atom. The normalized spacial score (nSPS) is 14.4. The first-order valence-corrected chi connectivity index (χ1v) is 8.22. The Balaban J connectivity index is 1.97. The summed E-state index contributed by atoms with van der Waals surface area (Å²) in [5.74, 6) is 1.75. The van der Waals surface area contributed by atoms with Crippen LogP contribution in [-0.2, 0) is 6.42 Å². The largest absolute Gasteiger partial charge is 0.306 e. The first-order valence-electron chi connectivity index (χ1n) is 6.42. The van der Waals surface area contributed by atoms with Gasteiger partial charge in [-0.3, -0.25) is 9.78 Å². The summed E-state index contributed by atoms with van der Waals surface area (Å²) in [6.45, 7) is 0. The zero-order valence-electron chi connectivity index (χ0n) is 10.5. The molecular formula is C14H11N3OS2. The summed E-state index contributed by atoms with van der Waals surface area (Å²) in [5.41, 5.74) is 2.05. The average Bonchev–Trinajstić information content (AvgIpc) is 2.87. The molecule has 0 saturated carbocycles. The molecule has 100 valence electrons. The fourth-order valence-electron chi connectivity index (χ4n) is 2.45. The lowest BCUT2D eigenvalue weighted by molar-refractivity contribution is 0.910. The molecule has 4 heterocycles. The van der Waals surface area contributed by atoms with Gasteiger partial charge in [-0.2, -0.15) is 0 Å². The van der Waals surface area contributed by atoms with E-state index >= 15 is 0 Å². The highest BCUT2D eigenvalue weighted by molar-refractivity contribution is 8.01. The molecule has 0 amide bonds. The van der Waals surface area contributed by atoms with Crippen molar-refractivity contribution in [3.05, 3.63) is 40.4 Å². The number of thioether (sulfide) groups is 1. The van der Waals surface area contributed by atoms with Crippen LogP contribution in [0.5, 0.6) is 0 Å². The highest BCUT2D eigenvalue weighted by Crippen LogP contribution is 2.40. The van der Waals surface area contributed by atoms with Crippen molar-refractivity contribution in [1.82, 2.24) is 15.0 Å². The zero-order valence-corrected chi connectivity index (χ0v) is 12.2. The number of pyridine rings is 1. The molecule has 1 aliphatic heterocycles. The second-order valence-electron chi connectivity index (χ2n) is 4.65. The van der Waals surface area contributed by atoms with Crippen LogP contribution in [0.4, 0.5) is 0 Å². The average molecular weight is 301 g/mol. The molecule has 4 nitrogen and oxygen atoms in total. The molecule has 0 unspecified atom stereocenters. The Labute approximate surface area is 123 Å². The number of hydrogen-bond donors (Lipinski definition) is 1. The van der Waals surface area contributed by atoms with Gasteiger partial charge in [-0.15, -0.1) is 23.1 Å². The van der Waals surface area contributed by atoms with Crippen LogP contribution in [0.1, 0.15) is 12.0 Å². The summed E-state index contributed by atoms with van der Waals surface area (Å²) in [6.07, 6.45) is 5.53. The highest BCUT2D eigenvalue weighted by atomic mass is 32.2. The first kappa shape index (κ1) is 12.1. The maximum absolute atomic E-state index is 12.4. The number of aryl methyl sites for hydroxylation is 1. The minimum atomic E-state index is -0.0261. The molecule has 0 bridgehead atoms. The number of nitrogens with one attached hydrogen (secondary N) is 1. The van der Waals surface area contributed by atoms with Gasteiger partial charge in [0.05, 0.1) is 9.60 Å². The predicted octanol–water partition coefficient (Wildman–Crippen LogP) is 3.08. The SMILES string of the molecule is O=c1[nH]c(-c2ccncc2)nc2sc3c(c12)CCCS3. The van der Waals surface area contributed by atoms with E-state index in [0.29, 0.717) is 5.82 Å². The van der Waals surface area contributed by atoms with Crippen LogP contribution in [0, 0.1) is 0 Å². The van der Waals surface area contributed by atoms with Crippen LogP contribution in [-0.4, -0.2) is 20.7 Å². The van der Waals surface area contributed by atoms with Gasteiger partial charge in [0, 0.05) is 18.0 Å². The van der Waals surface area contributed by atoms with Crippen LogP contribution in [0.3, 0.4) is 0 Å². The molecule has 1 N–H and O–H groups in total. The van der Waals surface area contributed by atoms with E-state index in [4.69, 9.17) is 0 Å². The molecule has 0 atom stereocenters. The molecular weight excluding hydrogens is 290 g/mol. The van der Waals surface area contributed by atoms with Gasteiger partial charge < -0.3 is 4.98 Å². The summed E-state index contributed by atoms with van der Waals surface area (Å²) in [7, 11) is 0. The van der Waals surface area contributed by atoms with Crippen molar-refractivity contribution in [1.29, 1.82) is 0 Å². The molecule has 20 heavy (non-hydrogen) atoms. The number of aromatic nitrogens is 3. The third-order valence-electron chi connectivity index (χ3n) is 3.38. The summed E-state index contributed by atoms with van der Waals surface area (Å²) in [5, 5.41) is 0.787. The second-order valence-corrected chi connectivity index (χ2v) is 7.01. The summed E-state index contributed by atoms with van der Waals surface area (Å²) in [4.78, 5) is 24.8. The molecule has 0 fully saturated rings. The molecule has 3 aromatic rings. The van der Waals surface area contributed by atoms with Crippen molar-refractivity contribution < 1.29 is 0 Å². The lowest BCUT2D eigenvalue weighted by atomic mass is 10.1. The number of hydrogen-bond acceptors (Lipinski definition) is 5. The van der Waals surface area contributed by atoms with E-state index in [9.17, 15) is 4.79 Å². The van der Waals surface area contributed by atoms with E-state index in [1.54, 1.807) is 23.7 Å². The third-order valence-corrected chi connectivity index (χ3v) is 5.91. The number of nitrogens with zero attached hydrogens (tertiary/aromatic N) is 2. The van der Waals surface area contributed by atoms with E-state index in [-0.39, 0.29) is 5.56 Å². The van der Waals surface area contributed by atoms with Gasteiger partial charge in [0.1, 0.15) is 10.7 Å². The van der Waals surface area contributed by atoms with Crippen molar-refractivity contribution in [3.8, 4) is 11.4 Å². The van der Waals surface area contributed by atoms with Gasteiger partial charge >= 0.3 is 0 Å².